The van der Waals surface area contributed by atoms with Gasteiger partial charge >= 0.3 is 5.97 Å². The summed E-state index contributed by atoms with van der Waals surface area (Å²) in [5.41, 5.74) is 10.6. The van der Waals surface area contributed by atoms with Crippen LogP contribution in [0.3, 0.4) is 0 Å². The molecule has 1 amide bonds. The van der Waals surface area contributed by atoms with Crippen molar-refractivity contribution < 1.29 is 29.3 Å². The number of carbonyl (C=O) groups excluding carboxylic acids is 3. The number of hydrogen-bond acceptors (Lipinski definition) is 9. The Hall–Kier alpha value is -4.77. The average Bonchev–Trinajstić information content (AvgIpc) is 4.11. The van der Waals surface area contributed by atoms with Crippen LogP contribution in [-0.4, -0.2) is 63.7 Å². The van der Waals surface area contributed by atoms with Crippen molar-refractivity contribution in [2.75, 3.05) is 25.1 Å². The van der Waals surface area contributed by atoms with Crippen molar-refractivity contribution in [3.63, 3.8) is 0 Å². The first kappa shape index (κ1) is 38.9. The van der Waals surface area contributed by atoms with E-state index in [-0.39, 0.29) is 43.8 Å². The molecule has 2 aliphatic rings. The summed E-state index contributed by atoms with van der Waals surface area (Å²) in [6.45, 7) is 8.12. The summed E-state index contributed by atoms with van der Waals surface area (Å²) in [6, 6.07) is 14.8. The van der Waals surface area contributed by atoms with E-state index in [1.807, 2.05) is 75.5 Å². The first-order chi connectivity index (χ1) is 26.1. The molecule has 10 heteroatoms. The molecule has 0 radical (unpaired) electrons. The van der Waals surface area contributed by atoms with E-state index < -0.39 is 12.0 Å². The van der Waals surface area contributed by atoms with Gasteiger partial charge in [-0.2, -0.15) is 0 Å². The van der Waals surface area contributed by atoms with E-state index >= 15 is 0 Å². The Kier molecular flexibility index (Phi) is 12.7. The molecule has 54 heavy (non-hydrogen) atoms. The molecule has 2 atom stereocenters. The number of aliphatic hydroxyl groups is 2. The Balaban J connectivity index is 1.16. The van der Waals surface area contributed by atoms with Crippen LogP contribution in [0.5, 0.6) is 0 Å². The lowest BCUT2D eigenvalue weighted by Crippen LogP contribution is -2.40. The zero-order valence-corrected chi connectivity index (χ0v) is 31.8. The van der Waals surface area contributed by atoms with Gasteiger partial charge in [0.2, 0.25) is 0 Å². The van der Waals surface area contributed by atoms with E-state index in [0.717, 1.165) is 83.0 Å². The van der Waals surface area contributed by atoms with Crippen LogP contribution in [0.25, 0.3) is 11.1 Å². The van der Waals surface area contributed by atoms with Gasteiger partial charge in [0.15, 0.2) is 5.78 Å². The van der Waals surface area contributed by atoms with Crippen molar-refractivity contribution in [1.82, 2.24) is 15.3 Å². The summed E-state index contributed by atoms with van der Waals surface area (Å²) in [4.78, 5) is 48.5. The number of nitrogens with one attached hydrogen (secondary N) is 2. The van der Waals surface area contributed by atoms with E-state index in [2.05, 4.69) is 20.6 Å². The van der Waals surface area contributed by atoms with Gasteiger partial charge in [0.05, 0.1) is 13.2 Å². The fraction of sp³-hybridized carbons (Fsp3) is 0.432. The fourth-order valence-corrected chi connectivity index (χ4v) is 7.05. The molecule has 0 aliphatic heterocycles. The monoisotopic (exact) mass is 732 g/mol. The number of aliphatic hydroxyl groups excluding tert-OH is 2. The highest BCUT2D eigenvalue weighted by atomic mass is 16.5. The fourth-order valence-electron chi connectivity index (χ4n) is 7.05. The Bertz CT molecular complexity index is 2000. The van der Waals surface area contributed by atoms with Gasteiger partial charge in [-0.15, -0.1) is 0 Å². The maximum atomic E-state index is 13.7. The minimum Gasteiger partial charge on any atom is -0.465 e. The predicted octanol–water partition coefficient (Wildman–Crippen LogP) is 6.77. The van der Waals surface area contributed by atoms with Crippen LogP contribution in [0.15, 0.2) is 60.9 Å². The predicted molar refractivity (Wildman–Crippen MR) is 209 cm³/mol. The average molecular weight is 733 g/mol. The van der Waals surface area contributed by atoms with E-state index in [0.29, 0.717) is 35.5 Å². The molecule has 0 saturated heterocycles. The van der Waals surface area contributed by atoms with Crippen molar-refractivity contribution in [2.24, 2.45) is 5.92 Å². The van der Waals surface area contributed by atoms with Crippen molar-refractivity contribution in [3.8, 4) is 11.1 Å². The lowest BCUT2D eigenvalue weighted by molar-refractivity contribution is -0.146. The highest BCUT2D eigenvalue weighted by Crippen LogP contribution is 2.43. The number of aryl methyl sites for hydroxylation is 1. The number of ketones is 1. The summed E-state index contributed by atoms with van der Waals surface area (Å²) in [5.74, 6) is 0.190. The molecule has 2 aromatic carbocycles. The van der Waals surface area contributed by atoms with Gasteiger partial charge in [0.25, 0.3) is 5.91 Å². The highest BCUT2D eigenvalue weighted by molar-refractivity contribution is 6.04. The van der Waals surface area contributed by atoms with E-state index in [1.165, 1.54) is 5.56 Å². The highest BCUT2D eigenvalue weighted by Gasteiger charge is 2.29. The topological polar surface area (TPSA) is 151 Å². The summed E-state index contributed by atoms with van der Waals surface area (Å²) in [7, 11) is 0. The first-order valence-corrected chi connectivity index (χ1v) is 19.2. The van der Waals surface area contributed by atoms with Crippen LogP contribution in [0.2, 0.25) is 0 Å². The molecule has 4 aromatic rings. The number of rotatable bonds is 18. The Morgan fingerprint density at radius 2 is 1.46 bits per heavy atom. The van der Waals surface area contributed by atoms with Crippen LogP contribution in [0.1, 0.15) is 118 Å². The van der Waals surface area contributed by atoms with Crippen LogP contribution in [0.4, 0.5) is 5.69 Å². The van der Waals surface area contributed by atoms with Crippen LogP contribution in [0, 0.1) is 19.8 Å². The maximum Gasteiger partial charge on any atom is 0.325 e. The zero-order valence-electron chi connectivity index (χ0n) is 31.8. The lowest BCUT2D eigenvalue weighted by Gasteiger charge is -2.17. The van der Waals surface area contributed by atoms with Gasteiger partial charge in [-0.05, 0) is 145 Å². The minimum absolute atomic E-state index is 0.0823. The number of ether oxygens (including phenoxy) is 1. The summed E-state index contributed by atoms with van der Waals surface area (Å²) in [6.07, 6.45) is 9.73. The molecule has 0 spiro atoms. The number of aromatic nitrogens is 2. The standard InChI is InChI=1S/C44H52N4O6/c1-5-54-44(53)41(25-50)47-23-33-22-45-39(19-37(33)30-16-17-30)42(51)18-31-8-6-9-34(27(31)3)35-10-7-11-38(28(35)4)48-43(52)40-20-36(29-14-15-29)32(21-46-40)13-12-26(2)24-49/h6-11,19-22,26,29-30,41,47,49-50H,5,12-18,23-25H2,1-4H3,(H,48,52)/t26-,41+/m0/s1. The van der Waals surface area contributed by atoms with Crippen molar-refractivity contribution in [3.05, 3.63) is 111 Å². The molecule has 4 N–H and O–H groups in total. The van der Waals surface area contributed by atoms with Gasteiger partial charge in [0, 0.05) is 37.7 Å². The molecular formula is C44H52N4O6. The number of anilines is 1. The Morgan fingerprint density at radius 1 is 0.833 bits per heavy atom. The number of nitrogens with zero attached hydrogens (tertiary/aromatic N) is 2. The molecule has 0 bridgehead atoms. The number of carbonyl (C=O) groups is 3. The van der Waals surface area contributed by atoms with Gasteiger partial charge in [0.1, 0.15) is 17.4 Å². The van der Waals surface area contributed by atoms with Gasteiger partial charge in [-0.1, -0.05) is 37.3 Å². The smallest absolute Gasteiger partial charge is 0.325 e. The molecule has 10 nitrogen and oxygen atoms in total. The second-order valence-electron chi connectivity index (χ2n) is 14.9. The normalized spacial score (nSPS) is 15.1. The van der Waals surface area contributed by atoms with E-state index in [4.69, 9.17) is 4.74 Å². The molecule has 2 aliphatic carbocycles. The van der Waals surface area contributed by atoms with Gasteiger partial charge in [-0.25, -0.2) is 0 Å². The SMILES string of the molecule is CCOC(=O)[C@@H](CO)NCc1cnc(C(=O)Cc2cccc(-c3cccc(NC(=O)c4cc(C5CC5)c(CC[C@H](C)CO)cn4)c3C)c2C)cc1C1CC1. The summed E-state index contributed by atoms with van der Waals surface area (Å²) < 4.78 is 5.05. The van der Waals surface area contributed by atoms with E-state index in [1.54, 1.807) is 13.1 Å². The second-order valence-corrected chi connectivity index (χ2v) is 14.9. The number of hydrogen-bond donors (Lipinski definition) is 4. The third-order valence-electron chi connectivity index (χ3n) is 10.8. The van der Waals surface area contributed by atoms with Crippen LogP contribution in [-0.2, 0) is 28.9 Å². The molecule has 2 aromatic heterocycles. The Morgan fingerprint density at radius 3 is 2.13 bits per heavy atom. The second kappa shape index (κ2) is 17.6. The van der Waals surface area contributed by atoms with Crippen molar-refractivity contribution in [2.45, 2.75) is 97.1 Å². The largest absolute Gasteiger partial charge is 0.465 e. The van der Waals surface area contributed by atoms with Gasteiger partial charge < -0.3 is 20.3 Å². The lowest BCUT2D eigenvalue weighted by atomic mass is 9.90. The molecule has 2 fully saturated rings. The molecule has 0 unspecified atom stereocenters. The minimum atomic E-state index is -0.832. The van der Waals surface area contributed by atoms with Crippen LogP contribution >= 0.6 is 0 Å². The molecule has 284 valence electrons. The zero-order chi connectivity index (χ0) is 38.4. The summed E-state index contributed by atoms with van der Waals surface area (Å²) >= 11 is 0. The van der Waals surface area contributed by atoms with Crippen molar-refractivity contribution >= 4 is 23.3 Å². The molecule has 6 rings (SSSR count). The molecule has 2 heterocycles. The maximum absolute atomic E-state index is 13.7. The molecular weight excluding hydrogens is 681 g/mol. The third-order valence-corrected chi connectivity index (χ3v) is 10.8. The van der Waals surface area contributed by atoms with Crippen molar-refractivity contribution in [1.29, 1.82) is 0 Å². The van der Waals surface area contributed by atoms with Crippen LogP contribution < -0.4 is 10.6 Å². The summed E-state index contributed by atoms with van der Waals surface area (Å²) in [5, 5.41) is 25.3. The number of benzene rings is 2. The first-order valence-electron chi connectivity index (χ1n) is 19.2. The van der Waals surface area contributed by atoms with Gasteiger partial charge in [-0.3, -0.25) is 29.7 Å². The van der Waals surface area contributed by atoms with E-state index in [9.17, 15) is 24.6 Å². The quantitative estimate of drug-likeness (QED) is 0.0642. The Labute approximate surface area is 317 Å². The number of esters is 1. The number of amides is 1. The number of Topliss-reactive ketones (excluding diaryl/α,β-unsaturated/α-hetero) is 1. The third kappa shape index (κ3) is 9.29. The molecule has 2 saturated carbocycles. The number of pyridine rings is 2.